The van der Waals surface area contributed by atoms with Gasteiger partial charge in [0.25, 0.3) is 5.91 Å². The molecule has 0 saturated carbocycles. The Morgan fingerprint density at radius 1 is 1.58 bits per heavy atom. The van der Waals surface area contributed by atoms with E-state index in [1.54, 1.807) is 9.58 Å². The molecule has 2 rings (SSSR count). The van der Waals surface area contributed by atoms with Gasteiger partial charge in [-0.25, -0.2) is 0 Å². The molecule has 0 radical (unpaired) electrons. The van der Waals surface area contributed by atoms with E-state index in [1.807, 2.05) is 13.0 Å². The number of hydrogen-bond donors (Lipinski definition) is 1. The SMILES string of the molecule is CCn1nc(C(C)C)cc1C(=O)N1CCCC1CO. The number of aromatic nitrogens is 2. The molecule has 19 heavy (non-hydrogen) atoms. The molecular weight excluding hydrogens is 242 g/mol. The van der Waals surface area contributed by atoms with E-state index >= 15 is 0 Å². The number of likely N-dealkylation sites (tertiary alicyclic amines) is 1. The third kappa shape index (κ3) is 2.66. The van der Waals surface area contributed by atoms with Crippen LogP contribution in [0.25, 0.3) is 0 Å². The summed E-state index contributed by atoms with van der Waals surface area (Å²) < 4.78 is 1.77. The zero-order chi connectivity index (χ0) is 14.0. The topological polar surface area (TPSA) is 58.4 Å². The Hall–Kier alpha value is -1.36. The molecule has 1 N–H and O–H groups in total. The van der Waals surface area contributed by atoms with E-state index in [4.69, 9.17) is 0 Å². The second-order valence-electron chi connectivity index (χ2n) is 5.40. The third-order valence-electron chi connectivity index (χ3n) is 3.76. The molecule has 1 fully saturated rings. The van der Waals surface area contributed by atoms with Gasteiger partial charge in [0, 0.05) is 13.1 Å². The number of aliphatic hydroxyl groups excluding tert-OH is 1. The molecule has 2 heterocycles. The molecule has 5 nitrogen and oxygen atoms in total. The number of carbonyl (C=O) groups excluding carboxylic acids is 1. The Morgan fingerprint density at radius 2 is 2.32 bits per heavy atom. The first-order valence-corrected chi connectivity index (χ1v) is 7.08. The van der Waals surface area contributed by atoms with E-state index in [0.717, 1.165) is 25.1 Å². The Bertz CT molecular complexity index is 454. The van der Waals surface area contributed by atoms with Crippen molar-refractivity contribution in [2.75, 3.05) is 13.2 Å². The molecule has 5 heteroatoms. The number of rotatable bonds is 4. The van der Waals surface area contributed by atoms with E-state index in [0.29, 0.717) is 18.2 Å². The predicted octanol–water partition coefficient (Wildman–Crippen LogP) is 1.62. The van der Waals surface area contributed by atoms with Gasteiger partial charge in [0.15, 0.2) is 0 Å². The number of hydrogen-bond acceptors (Lipinski definition) is 3. The van der Waals surface area contributed by atoms with Crippen molar-refractivity contribution in [1.82, 2.24) is 14.7 Å². The van der Waals surface area contributed by atoms with Crippen LogP contribution in [0.2, 0.25) is 0 Å². The van der Waals surface area contributed by atoms with E-state index in [-0.39, 0.29) is 18.6 Å². The molecule has 0 aromatic carbocycles. The van der Waals surface area contributed by atoms with Crippen LogP contribution >= 0.6 is 0 Å². The fourth-order valence-electron chi connectivity index (χ4n) is 2.57. The maximum atomic E-state index is 12.6. The Morgan fingerprint density at radius 3 is 2.89 bits per heavy atom. The largest absolute Gasteiger partial charge is 0.394 e. The van der Waals surface area contributed by atoms with Gasteiger partial charge in [-0.1, -0.05) is 13.8 Å². The monoisotopic (exact) mass is 265 g/mol. The number of carbonyl (C=O) groups is 1. The molecule has 1 unspecified atom stereocenters. The highest BCUT2D eigenvalue weighted by molar-refractivity contribution is 5.93. The maximum absolute atomic E-state index is 12.6. The molecule has 1 aliphatic heterocycles. The van der Waals surface area contributed by atoms with Gasteiger partial charge in [0.2, 0.25) is 0 Å². The van der Waals surface area contributed by atoms with Gasteiger partial charge in [0.1, 0.15) is 5.69 Å². The first-order chi connectivity index (χ1) is 9.08. The van der Waals surface area contributed by atoms with Gasteiger partial charge >= 0.3 is 0 Å². The lowest BCUT2D eigenvalue weighted by molar-refractivity contribution is 0.0665. The van der Waals surface area contributed by atoms with Crippen molar-refractivity contribution in [2.45, 2.75) is 52.1 Å². The zero-order valence-electron chi connectivity index (χ0n) is 12.0. The van der Waals surface area contributed by atoms with Crippen molar-refractivity contribution >= 4 is 5.91 Å². The van der Waals surface area contributed by atoms with E-state index in [2.05, 4.69) is 18.9 Å². The fourth-order valence-corrected chi connectivity index (χ4v) is 2.57. The number of aryl methyl sites for hydroxylation is 1. The first kappa shape index (κ1) is 14.1. The molecule has 106 valence electrons. The summed E-state index contributed by atoms with van der Waals surface area (Å²) in [5.74, 6) is 0.310. The highest BCUT2D eigenvalue weighted by atomic mass is 16.3. The molecule has 1 saturated heterocycles. The lowest BCUT2D eigenvalue weighted by atomic mass is 10.1. The van der Waals surface area contributed by atoms with Gasteiger partial charge in [-0.15, -0.1) is 0 Å². The lowest BCUT2D eigenvalue weighted by Gasteiger charge is -2.23. The van der Waals surface area contributed by atoms with Crippen LogP contribution in [0.5, 0.6) is 0 Å². The van der Waals surface area contributed by atoms with Crippen molar-refractivity contribution in [2.24, 2.45) is 0 Å². The average molecular weight is 265 g/mol. The number of aliphatic hydroxyl groups is 1. The molecule has 1 aliphatic rings. The molecule has 1 amide bonds. The van der Waals surface area contributed by atoms with E-state index in [9.17, 15) is 9.90 Å². The Kier molecular flexibility index (Phi) is 4.24. The van der Waals surface area contributed by atoms with Crippen LogP contribution in [0.3, 0.4) is 0 Å². The fraction of sp³-hybridized carbons (Fsp3) is 0.714. The highest BCUT2D eigenvalue weighted by Crippen LogP contribution is 2.22. The summed E-state index contributed by atoms with van der Waals surface area (Å²) in [7, 11) is 0. The van der Waals surface area contributed by atoms with E-state index in [1.165, 1.54) is 0 Å². The van der Waals surface area contributed by atoms with Gasteiger partial charge < -0.3 is 10.0 Å². The Labute approximate surface area is 114 Å². The van der Waals surface area contributed by atoms with Crippen molar-refractivity contribution in [1.29, 1.82) is 0 Å². The zero-order valence-corrected chi connectivity index (χ0v) is 12.0. The predicted molar refractivity (Wildman–Crippen MR) is 73.1 cm³/mol. The van der Waals surface area contributed by atoms with Crippen molar-refractivity contribution in [3.05, 3.63) is 17.5 Å². The summed E-state index contributed by atoms with van der Waals surface area (Å²) in [6.45, 7) is 7.60. The lowest BCUT2D eigenvalue weighted by Crippen LogP contribution is -2.38. The number of nitrogens with zero attached hydrogens (tertiary/aromatic N) is 3. The Balaban J connectivity index is 2.27. The number of amides is 1. The average Bonchev–Trinajstić information content (AvgIpc) is 3.03. The van der Waals surface area contributed by atoms with Crippen molar-refractivity contribution in [3.63, 3.8) is 0 Å². The maximum Gasteiger partial charge on any atom is 0.272 e. The normalized spacial score (nSPS) is 19.4. The molecular formula is C14H23N3O2. The summed E-state index contributed by atoms with van der Waals surface area (Å²) in [4.78, 5) is 14.4. The van der Waals surface area contributed by atoms with Crippen LogP contribution in [0.1, 0.15) is 55.7 Å². The van der Waals surface area contributed by atoms with Crippen LogP contribution in [-0.2, 0) is 6.54 Å². The molecule has 0 aliphatic carbocycles. The van der Waals surface area contributed by atoms with Crippen LogP contribution in [0.4, 0.5) is 0 Å². The second-order valence-corrected chi connectivity index (χ2v) is 5.40. The smallest absolute Gasteiger partial charge is 0.272 e. The van der Waals surface area contributed by atoms with Crippen molar-refractivity contribution < 1.29 is 9.90 Å². The standard InChI is InChI=1S/C14H23N3O2/c1-4-17-13(8-12(15-17)10(2)3)14(19)16-7-5-6-11(16)9-18/h8,10-11,18H,4-7,9H2,1-3H3. The third-order valence-corrected chi connectivity index (χ3v) is 3.76. The van der Waals surface area contributed by atoms with Crippen molar-refractivity contribution in [3.8, 4) is 0 Å². The molecule has 0 bridgehead atoms. The molecule has 1 atom stereocenters. The minimum Gasteiger partial charge on any atom is -0.394 e. The molecule has 1 aromatic heterocycles. The quantitative estimate of drug-likeness (QED) is 0.900. The summed E-state index contributed by atoms with van der Waals surface area (Å²) in [5.41, 5.74) is 1.59. The molecule has 1 aromatic rings. The van der Waals surface area contributed by atoms with Crippen LogP contribution < -0.4 is 0 Å². The second kappa shape index (κ2) is 5.74. The first-order valence-electron chi connectivity index (χ1n) is 7.08. The summed E-state index contributed by atoms with van der Waals surface area (Å²) in [6, 6.07) is 1.86. The van der Waals surface area contributed by atoms with Crippen LogP contribution in [-0.4, -0.2) is 44.9 Å². The van der Waals surface area contributed by atoms with E-state index < -0.39 is 0 Å². The summed E-state index contributed by atoms with van der Waals surface area (Å²) >= 11 is 0. The van der Waals surface area contributed by atoms with Gasteiger partial charge in [-0.3, -0.25) is 9.48 Å². The highest BCUT2D eigenvalue weighted by Gasteiger charge is 2.30. The van der Waals surface area contributed by atoms with Crippen LogP contribution in [0.15, 0.2) is 6.07 Å². The van der Waals surface area contributed by atoms with Gasteiger partial charge in [0.05, 0.1) is 18.3 Å². The van der Waals surface area contributed by atoms with Crippen LogP contribution in [0, 0.1) is 0 Å². The van der Waals surface area contributed by atoms with Gasteiger partial charge in [-0.2, -0.15) is 5.10 Å². The summed E-state index contributed by atoms with van der Waals surface area (Å²) in [5, 5.41) is 13.8. The minimum atomic E-state index is -0.0322. The summed E-state index contributed by atoms with van der Waals surface area (Å²) in [6.07, 6.45) is 1.85. The van der Waals surface area contributed by atoms with Gasteiger partial charge in [-0.05, 0) is 31.7 Å². The minimum absolute atomic E-state index is 0.00204. The molecule has 0 spiro atoms.